The summed E-state index contributed by atoms with van der Waals surface area (Å²) >= 11 is 0. The summed E-state index contributed by atoms with van der Waals surface area (Å²) in [6, 6.07) is 0. The highest BCUT2D eigenvalue weighted by atomic mass is 16.6. The van der Waals surface area contributed by atoms with Crippen molar-refractivity contribution in [1.29, 1.82) is 0 Å². The summed E-state index contributed by atoms with van der Waals surface area (Å²) in [6.45, 7) is 6.44. The maximum Gasteiger partial charge on any atom is 0.306 e. The number of carbonyl (C=O) groups excluding carboxylic acids is 3. The lowest BCUT2D eigenvalue weighted by Gasteiger charge is -2.18. The van der Waals surface area contributed by atoms with Gasteiger partial charge in [0.05, 0.1) is 0 Å². The molecule has 0 aromatic rings. The summed E-state index contributed by atoms with van der Waals surface area (Å²) < 4.78 is 16.8. The van der Waals surface area contributed by atoms with Crippen LogP contribution in [0.3, 0.4) is 0 Å². The molecule has 75 heavy (non-hydrogen) atoms. The van der Waals surface area contributed by atoms with Gasteiger partial charge in [0.2, 0.25) is 0 Å². The van der Waals surface area contributed by atoms with Crippen molar-refractivity contribution in [2.24, 2.45) is 0 Å². The van der Waals surface area contributed by atoms with E-state index in [1.807, 2.05) is 0 Å². The Bertz CT molecular complexity index is 1620. The van der Waals surface area contributed by atoms with Gasteiger partial charge in [0.1, 0.15) is 13.2 Å². The molecule has 0 spiro atoms. The first-order valence-electron chi connectivity index (χ1n) is 30.7. The van der Waals surface area contributed by atoms with Gasteiger partial charge in [-0.25, -0.2) is 0 Å². The van der Waals surface area contributed by atoms with Gasteiger partial charge in [0, 0.05) is 19.3 Å². The largest absolute Gasteiger partial charge is 0.462 e. The Morgan fingerprint density at radius 1 is 0.280 bits per heavy atom. The molecule has 0 fully saturated rings. The molecule has 0 aliphatic rings. The Kier molecular flexibility index (Phi) is 58.4. The van der Waals surface area contributed by atoms with Crippen LogP contribution in [0.1, 0.15) is 265 Å². The zero-order valence-corrected chi connectivity index (χ0v) is 48.5. The van der Waals surface area contributed by atoms with E-state index in [4.69, 9.17) is 14.2 Å². The molecule has 0 heterocycles. The van der Waals surface area contributed by atoms with Crippen molar-refractivity contribution in [2.45, 2.75) is 271 Å². The van der Waals surface area contributed by atoms with E-state index in [1.165, 1.54) is 103 Å². The maximum absolute atomic E-state index is 12.9. The highest BCUT2D eigenvalue weighted by molar-refractivity contribution is 5.71. The molecule has 0 radical (unpaired) electrons. The van der Waals surface area contributed by atoms with Crippen LogP contribution in [-0.4, -0.2) is 37.2 Å². The topological polar surface area (TPSA) is 78.9 Å². The molecule has 0 bridgehead atoms. The van der Waals surface area contributed by atoms with E-state index < -0.39 is 6.10 Å². The van der Waals surface area contributed by atoms with E-state index >= 15 is 0 Å². The van der Waals surface area contributed by atoms with Crippen LogP contribution in [0.4, 0.5) is 0 Å². The number of esters is 3. The average molecular weight is 1040 g/mol. The summed E-state index contributed by atoms with van der Waals surface area (Å²) in [6.07, 6.45) is 87.4. The van der Waals surface area contributed by atoms with Crippen molar-refractivity contribution < 1.29 is 28.6 Å². The maximum atomic E-state index is 12.9. The van der Waals surface area contributed by atoms with Gasteiger partial charge in [0.25, 0.3) is 0 Å². The van der Waals surface area contributed by atoms with Crippen molar-refractivity contribution >= 4 is 17.9 Å². The molecule has 0 aromatic carbocycles. The second kappa shape index (κ2) is 62.1. The Hall–Kier alpha value is -4.45. The fraction of sp³-hybridized carbons (Fsp3) is 0.638. The van der Waals surface area contributed by atoms with Crippen LogP contribution >= 0.6 is 0 Å². The van der Waals surface area contributed by atoms with E-state index in [1.54, 1.807) is 0 Å². The normalized spacial score (nSPS) is 13.1. The lowest BCUT2D eigenvalue weighted by atomic mass is 10.1. The lowest BCUT2D eigenvalue weighted by Crippen LogP contribution is -2.30. The molecule has 1 unspecified atom stereocenters. The average Bonchev–Trinajstić information content (AvgIpc) is 3.41. The highest BCUT2D eigenvalue weighted by Gasteiger charge is 2.19. The summed E-state index contributed by atoms with van der Waals surface area (Å²) in [5.74, 6) is -0.974. The molecule has 0 saturated carbocycles. The monoisotopic (exact) mass is 1040 g/mol. The Morgan fingerprint density at radius 2 is 0.533 bits per heavy atom. The van der Waals surface area contributed by atoms with Crippen LogP contribution in [0.25, 0.3) is 0 Å². The molecule has 6 nitrogen and oxygen atoms in total. The summed E-state index contributed by atoms with van der Waals surface area (Å²) in [7, 11) is 0. The third-order valence-corrected chi connectivity index (χ3v) is 12.6. The van der Waals surface area contributed by atoms with Crippen molar-refractivity contribution in [2.75, 3.05) is 13.2 Å². The number of hydrogen-bond acceptors (Lipinski definition) is 6. The SMILES string of the molecule is CC/C=C\C/C=C\C/C=C\C/C=C\C/C=C\C/C=C\C/C=C\C/C=C\C/C=C\CCCC(=O)OCC(COC(=O)CCCCCCCCCCCC)OC(=O)CCCCCCCCC/C=C\C/C=C\CCCCCC. The number of hydrogen-bond donors (Lipinski definition) is 0. The third-order valence-electron chi connectivity index (χ3n) is 12.6. The molecule has 0 saturated heterocycles. The number of carbonyl (C=O) groups is 3. The second-order valence-corrected chi connectivity index (χ2v) is 19.9. The van der Waals surface area contributed by atoms with E-state index in [2.05, 4.69) is 154 Å². The lowest BCUT2D eigenvalue weighted by molar-refractivity contribution is -0.167. The zero-order valence-electron chi connectivity index (χ0n) is 48.5. The fourth-order valence-corrected chi connectivity index (χ4v) is 8.06. The molecule has 1 atom stereocenters. The van der Waals surface area contributed by atoms with Crippen LogP contribution < -0.4 is 0 Å². The van der Waals surface area contributed by atoms with Crippen LogP contribution in [0.5, 0.6) is 0 Å². The molecule has 0 aliphatic heterocycles. The highest BCUT2D eigenvalue weighted by Crippen LogP contribution is 2.14. The molecule has 0 aromatic heterocycles. The van der Waals surface area contributed by atoms with E-state index in [0.29, 0.717) is 19.3 Å². The van der Waals surface area contributed by atoms with Gasteiger partial charge in [-0.1, -0.05) is 264 Å². The molecule has 0 rings (SSSR count). The van der Waals surface area contributed by atoms with Crippen molar-refractivity contribution in [3.8, 4) is 0 Å². The standard InChI is InChI=1S/C69H112O6/c1-4-7-10-13-16-19-22-24-26-28-30-31-32-33-34-35-36-37-38-39-40-42-43-45-47-50-53-56-59-62-68(71)74-65-66(64-73-67(70)61-58-55-52-49-21-18-15-12-9-6-3)75-69(72)63-60-57-54-51-48-46-44-41-29-27-25-23-20-17-14-11-8-5-2/h7,10,16,19-20,23-24,26-27,29-31,33-34,36-37,39-40,43,45,50,53,66H,4-6,8-9,11-15,17-18,21-22,25,28,32,35,38,41-42,44,46-49,51-52,54-65H2,1-3H3/b10-7-,19-16-,23-20-,26-24-,29-27-,31-30-,34-33-,37-36-,40-39-,45-43-,53-50-. The van der Waals surface area contributed by atoms with Gasteiger partial charge in [0.15, 0.2) is 6.10 Å². The first-order valence-corrected chi connectivity index (χ1v) is 30.7. The first-order chi connectivity index (χ1) is 37.0. The minimum Gasteiger partial charge on any atom is -0.462 e. The van der Waals surface area contributed by atoms with Crippen molar-refractivity contribution in [1.82, 2.24) is 0 Å². The summed E-state index contributed by atoms with van der Waals surface area (Å²) in [4.78, 5) is 38.1. The van der Waals surface area contributed by atoms with Crippen LogP contribution in [0.15, 0.2) is 134 Å². The van der Waals surface area contributed by atoms with Crippen molar-refractivity contribution in [3.05, 3.63) is 134 Å². The minimum atomic E-state index is -0.808. The van der Waals surface area contributed by atoms with Gasteiger partial charge in [-0.15, -0.1) is 0 Å². The Balaban J connectivity index is 4.40. The number of allylic oxidation sites excluding steroid dienone is 22. The van der Waals surface area contributed by atoms with Crippen LogP contribution in [0.2, 0.25) is 0 Å². The predicted molar refractivity (Wildman–Crippen MR) is 325 cm³/mol. The predicted octanol–water partition coefficient (Wildman–Crippen LogP) is 21.0. The third kappa shape index (κ3) is 60.3. The zero-order chi connectivity index (χ0) is 54.3. The van der Waals surface area contributed by atoms with Crippen LogP contribution in [0, 0.1) is 0 Å². The molecule has 0 amide bonds. The van der Waals surface area contributed by atoms with Gasteiger partial charge >= 0.3 is 17.9 Å². The minimum absolute atomic E-state index is 0.101. The molecular weight excluding hydrogens is 925 g/mol. The molecule has 424 valence electrons. The number of ether oxygens (including phenoxy) is 3. The Morgan fingerprint density at radius 3 is 0.880 bits per heavy atom. The molecule has 0 aliphatic carbocycles. The summed E-state index contributed by atoms with van der Waals surface area (Å²) in [5.41, 5.74) is 0. The fourth-order valence-electron chi connectivity index (χ4n) is 8.06. The van der Waals surface area contributed by atoms with Crippen LogP contribution in [-0.2, 0) is 28.6 Å². The molecular formula is C69H112O6. The van der Waals surface area contributed by atoms with Crippen molar-refractivity contribution in [3.63, 3.8) is 0 Å². The van der Waals surface area contributed by atoms with E-state index in [0.717, 1.165) is 116 Å². The van der Waals surface area contributed by atoms with E-state index in [-0.39, 0.29) is 37.5 Å². The quantitative estimate of drug-likeness (QED) is 0.0261. The van der Waals surface area contributed by atoms with Gasteiger partial charge in [-0.05, 0) is 116 Å². The summed E-state index contributed by atoms with van der Waals surface area (Å²) in [5, 5.41) is 0. The van der Waals surface area contributed by atoms with Gasteiger partial charge < -0.3 is 14.2 Å². The molecule has 6 heteroatoms. The first kappa shape index (κ1) is 70.5. The van der Waals surface area contributed by atoms with Gasteiger partial charge in [-0.2, -0.15) is 0 Å². The van der Waals surface area contributed by atoms with Gasteiger partial charge in [-0.3, -0.25) is 14.4 Å². The Labute approximate surface area is 462 Å². The smallest absolute Gasteiger partial charge is 0.306 e. The van der Waals surface area contributed by atoms with E-state index in [9.17, 15) is 14.4 Å². The molecule has 0 N–H and O–H groups in total. The second-order valence-electron chi connectivity index (χ2n) is 19.9. The number of unbranched alkanes of at least 4 members (excludes halogenated alkanes) is 21. The number of rotatable bonds is 54.